The highest BCUT2D eigenvalue weighted by atomic mass is 32.2. The van der Waals surface area contributed by atoms with Gasteiger partial charge in [-0.25, -0.2) is 12.8 Å². The maximum absolute atomic E-state index is 13.4. The van der Waals surface area contributed by atoms with Crippen LogP contribution in [-0.2, 0) is 14.5 Å². The van der Waals surface area contributed by atoms with Crippen molar-refractivity contribution < 1.29 is 32.7 Å². The quantitative estimate of drug-likeness (QED) is 0.517. The van der Waals surface area contributed by atoms with Crippen LogP contribution in [0.15, 0.2) is 34.9 Å². The number of sulfone groups is 1. The van der Waals surface area contributed by atoms with E-state index in [1.54, 1.807) is 12.1 Å². The molecule has 1 aromatic rings. The van der Waals surface area contributed by atoms with Gasteiger partial charge in [0.25, 0.3) is 0 Å². The lowest BCUT2D eigenvalue weighted by atomic mass is 9.74. The van der Waals surface area contributed by atoms with Crippen LogP contribution >= 0.6 is 0 Å². The molecule has 0 bridgehead atoms. The van der Waals surface area contributed by atoms with E-state index < -0.39 is 39.9 Å². The highest BCUT2D eigenvalue weighted by Gasteiger charge is 2.48. The van der Waals surface area contributed by atoms with Crippen molar-refractivity contribution in [2.75, 3.05) is 12.4 Å². The van der Waals surface area contributed by atoms with Crippen LogP contribution in [0.1, 0.15) is 25.3 Å². The Balaban J connectivity index is 1.75. The normalized spacial score (nSPS) is 25.0. The Kier molecular flexibility index (Phi) is 5.76. The number of halogens is 1. The summed E-state index contributed by atoms with van der Waals surface area (Å²) >= 11 is 0. The van der Waals surface area contributed by atoms with Gasteiger partial charge < -0.3 is 19.9 Å². The van der Waals surface area contributed by atoms with Crippen molar-refractivity contribution in [2.45, 2.75) is 37.4 Å². The van der Waals surface area contributed by atoms with Crippen molar-refractivity contribution in [1.82, 2.24) is 0 Å². The van der Waals surface area contributed by atoms with Gasteiger partial charge in [-0.15, -0.1) is 0 Å². The van der Waals surface area contributed by atoms with E-state index in [1.807, 2.05) is 6.92 Å². The Morgan fingerprint density at radius 2 is 2.19 bits per heavy atom. The van der Waals surface area contributed by atoms with Crippen LogP contribution in [0, 0.1) is 5.82 Å². The van der Waals surface area contributed by atoms with Gasteiger partial charge in [0.15, 0.2) is 21.4 Å². The zero-order valence-corrected chi connectivity index (χ0v) is 15.7. The van der Waals surface area contributed by atoms with Crippen molar-refractivity contribution in [3.05, 3.63) is 46.3 Å². The third kappa shape index (κ3) is 4.26. The lowest BCUT2D eigenvalue weighted by Crippen LogP contribution is -2.42. The van der Waals surface area contributed by atoms with Gasteiger partial charge in [-0.05, 0) is 48.6 Å². The molecule has 0 aromatic heterocycles. The molecule has 2 atom stereocenters. The predicted molar refractivity (Wildman–Crippen MR) is 100 cm³/mol. The number of aliphatic hydroxyl groups is 1. The summed E-state index contributed by atoms with van der Waals surface area (Å²) in [5.74, 6) is -1.31. The van der Waals surface area contributed by atoms with E-state index in [0.717, 1.165) is 5.57 Å². The molecule has 2 heterocycles. The highest BCUT2D eigenvalue weighted by molar-refractivity contribution is 7.92. The maximum atomic E-state index is 13.4. The summed E-state index contributed by atoms with van der Waals surface area (Å²) in [6.45, 7) is 1.51. The molecule has 27 heavy (non-hydrogen) atoms. The molecule has 0 spiro atoms. The number of phenols is 1. The smallest absolute Gasteiger partial charge is 0.456 e. The van der Waals surface area contributed by atoms with Crippen LogP contribution in [0.3, 0.4) is 0 Å². The molecule has 6 nitrogen and oxygen atoms in total. The first kappa shape index (κ1) is 20.1. The molecule has 0 saturated carbocycles. The van der Waals surface area contributed by atoms with Crippen LogP contribution in [0.5, 0.6) is 5.75 Å². The maximum Gasteiger partial charge on any atom is 0.456 e. The Morgan fingerprint density at radius 3 is 2.85 bits per heavy atom. The first-order valence-electron chi connectivity index (χ1n) is 8.74. The Morgan fingerprint density at radius 1 is 1.44 bits per heavy atom. The van der Waals surface area contributed by atoms with Crippen LogP contribution in [0.2, 0.25) is 6.32 Å². The lowest BCUT2D eigenvalue weighted by molar-refractivity contribution is 0.168. The summed E-state index contributed by atoms with van der Waals surface area (Å²) in [7, 11) is -4.58. The first-order valence-corrected chi connectivity index (χ1v) is 10.5. The fourth-order valence-electron chi connectivity index (χ4n) is 3.75. The fraction of sp³-hybridized carbons (Fsp3) is 0.444. The molecule has 0 amide bonds. The summed E-state index contributed by atoms with van der Waals surface area (Å²) in [4.78, 5) is 0. The number of aromatic hydroxyl groups is 1. The van der Waals surface area contributed by atoms with Gasteiger partial charge in [0, 0.05) is 6.32 Å². The molecule has 1 aromatic carbocycles. The van der Waals surface area contributed by atoms with Gasteiger partial charge in [0.2, 0.25) is 0 Å². The first-order chi connectivity index (χ1) is 12.7. The topological polar surface area (TPSA) is 104 Å². The molecule has 0 aliphatic carbocycles. The average molecular weight is 396 g/mol. The van der Waals surface area contributed by atoms with E-state index >= 15 is 0 Å². The summed E-state index contributed by atoms with van der Waals surface area (Å²) in [5.41, 5.74) is 2.54. The standard InChI is InChI=1S/C18H22BFO6S/c1-11(6-12-3-4-15(22)14(20)7-12)2-5-16-18-13(9-21)10-27(24,25)17(18)8-19(23)26-16/h3-4,6-7,16-17,21-23H,2,5,8-10H2,1H3/b11-6+/t16-,17+/m1/s1. The van der Waals surface area contributed by atoms with E-state index in [4.69, 9.17) is 4.65 Å². The van der Waals surface area contributed by atoms with E-state index in [9.17, 15) is 28.0 Å². The molecule has 146 valence electrons. The summed E-state index contributed by atoms with van der Waals surface area (Å²) in [6, 6.07) is 4.10. The van der Waals surface area contributed by atoms with Gasteiger partial charge >= 0.3 is 7.12 Å². The second-order valence-electron chi connectivity index (χ2n) is 7.07. The Hall–Kier alpha value is -1.68. The fourth-order valence-corrected chi connectivity index (χ4v) is 5.85. The van der Waals surface area contributed by atoms with Crippen molar-refractivity contribution in [1.29, 1.82) is 0 Å². The SMILES string of the molecule is C/C(=C\c1ccc(O)c(F)c1)CC[C@H]1OB(O)C[C@H]2C1=C(CO)CS2(=O)=O. The highest BCUT2D eigenvalue weighted by Crippen LogP contribution is 2.39. The second-order valence-corrected chi connectivity index (χ2v) is 9.25. The number of aliphatic hydroxyl groups excluding tert-OH is 1. The predicted octanol–water partition coefficient (Wildman–Crippen LogP) is 1.68. The molecule has 3 rings (SSSR count). The molecule has 2 aliphatic heterocycles. The van der Waals surface area contributed by atoms with Crippen LogP contribution < -0.4 is 0 Å². The van der Waals surface area contributed by atoms with Gasteiger partial charge in [-0.2, -0.15) is 0 Å². The van der Waals surface area contributed by atoms with Crippen molar-refractivity contribution in [3.63, 3.8) is 0 Å². The molecule has 1 fully saturated rings. The van der Waals surface area contributed by atoms with E-state index in [0.29, 0.717) is 29.6 Å². The summed E-state index contributed by atoms with van der Waals surface area (Å²) in [5, 5.41) is 27.9. The molecule has 1 saturated heterocycles. The van der Waals surface area contributed by atoms with Crippen LogP contribution in [-0.4, -0.2) is 54.5 Å². The van der Waals surface area contributed by atoms with Gasteiger partial charge in [-0.1, -0.05) is 17.7 Å². The van der Waals surface area contributed by atoms with E-state index in [-0.39, 0.29) is 18.7 Å². The minimum atomic E-state index is -3.42. The number of rotatable bonds is 5. The zero-order chi connectivity index (χ0) is 19.8. The number of hydrogen-bond acceptors (Lipinski definition) is 6. The van der Waals surface area contributed by atoms with Crippen molar-refractivity contribution >= 4 is 23.0 Å². The van der Waals surface area contributed by atoms with Crippen LogP contribution in [0.25, 0.3) is 6.08 Å². The minimum absolute atomic E-state index is 0.0146. The average Bonchev–Trinajstić information content (AvgIpc) is 2.87. The third-order valence-corrected chi connectivity index (χ3v) is 7.09. The number of fused-ring (bicyclic) bond motifs is 1. The lowest BCUT2D eigenvalue weighted by Gasteiger charge is -2.31. The van der Waals surface area contributed by atoms with E-state index in [2.05, 4.69) is 0 Å². The number of allylic oxidation sites excluding steroid dienone is 1. The van der Waals surface area contributed by atoms with Gasteiger partial charge in [0.1, 0.15) is 0 Å². The second kappa shape index (κ2) is 7.75. The zero-order valence-electron chi connectivity index (χ0n) is 14.9. The number of benzene rings is 1. The Labute approximate surface area is 158 Å². The monoisotopic (exact) mass is 396 g/mol. The minimum Gasteiger partial charge on any atom is -0.505 e. The van der Waals surface area contributed by atoms with Gasteiger partial charge in [0.05, 0.1) is 23.7 Å². The molecule has 0 unspecified atom stereocenters. The molecule has 9 heteroatoms. The van der Waals surface area contributed by atoms with Crippen LogP contribution in [0.4, 0.5) is 4.39 Å². The molecule has 2 aliphatic rings. The number of phenolic OH excluding ortho intramolecular Hbond substituents is 1. The molecular weight excluding hydrogens is 374 g/mol. The summed E-state index contributed by atoms with van der Waals surface area (Å²) < 4.78 is 43.6. The van der Waals surface area contributed by atoms with E-state index in [1.165, 1.54) is 12.1 Å². The van der Waals surface area contributed by atoms with Gasteiger partial charge in [-0.3, -0.25) is 0 Å². The Bertz CT molecular complexity index is 895. The van der Waals surface area contributed by atoms with Crippen molar-refractivity contribution in [2.24, 2.45) is 0 Å². The largest absolute Gasteiger partial charge is 0.505 e. The number of hydrogen-bond donors (Lipinski definition) is 3. The van der Waals surface area contributed by atoms with Crippen molar-refractivity contribution in [3.8, 4) is 5.75 Å². The molecular formula is C18H22BFO6S. The molecule has 3 N–H and O–H groups in total. The summed E-state index contributed by atoms with van der Waals surface area (Å²) in [6.07, 6.45) is 2.14. The molecule has 0 radical (unpaired) electrons. The third-order valence-electron chi connectivity index (χ3n) is 5.02.